The van der Waals surface area contributed by atoms with Gasteiger partial charge in [0.15, 0.2) is 0 Å². The summed E-state index contributed by atoms with van der Waals surface area (Å²) in [7, 11) is 0. The highest BCUT2D eigenvalue weighted by Gasteiger charge is 2.19. The van der Waals surface area contributed by atoms with Gasteiger partial charge in [-0.15, -0.1) is 0 Å². The predicted octanol–water partition coefficient (Wildman–Crippen LogP) is 15.3. The summed E-state index contributed by atoms with van der Waals surface area (Å²) in [5, 5.41) is 7.43. The van der Waals surface area contributed by atoms with Gasteiger partial charge in [-0.2, -0.15) is 0 Å². The summed E-state index contributed by atoms with van der Waals surface area (Å²) in [5.74, 6) is 0. The van der Waals surface area contributed by atoms with Crippen LogP contribution < -0.4 is 4.90 Å². The number of anilines is 3. The first kappa shape index (κ1) is 32.4. The van der Waals surface area contributed by atoms with Crippen molar-refractivity contribution < 1.29 is 0 Å². The van der Waals surface area contributed by atoms with Gasteiger partial charge in [-0.05, 0) is 102 Å². The molecule has 0 aliphatic heterocycles. The highest BCUT2D eigenvalue weighted by Crippen LogP contribution is 2.45. The Hall–Kier alpha value is -7.22. The van der Waals surface area contributed by atoms with Crippen LogP contribution in [-0.2, 0) is 0 Å². The van der Waals surface area contributed by atoms with Crippen LogP contribution in [0.4, 0.5) is 17.1 Å². The van der Waals surface area contributed by atoms with E-state index in [1.165, 1.54) is 76.8 Å². The highest BCUT2D eigenvalue weighted by molar-refractivity contribution is 6.11. The van der Waals surface area contributed by atoms with E-state index in [0.29, 0.717) is 0 Å². The van der Waals surface area contributed by atoms with Gasteiger partial charge in [0.05, 0.1) is 5.69 Å². The van der Waals surface area contributed by atoms with Crippen LogP contribution in [0, 0.1) is 0 Å². The molecule has 0 saturated carbocycles. The number of hydrogen-bond donors (Lipinski definition) is 0. The SMILES string of the molecule is c1ccc(-c2cccc(N(c3ccc(-c4cccc5cccc(-c6ccccc6)c45)cc3)c3ccc(-c4cccc5ccccc45)c4ccccc34)c2)cc1. The fraction of sp³-hybridized carbons (Fsp3) is 0. The van der Waals surface area contributed by atoms with E-state index in [0.717, 1.165) is 17.1 Å². The van der Waals surface area contributed by atoms with E-state index >= 15 is 0 Å². The Morgan fingerprint density at radius 3 is 1.49 bits per heavy atom. The number of fused-ring (bicyclic) bond motifs is 3. The number of hydrogen-bond acceptors (Lipinski definition) is 1. The monoisotopic (exact) mass is 699 g/mol. The van der Waals surface area contributed by atoms with Crippen molar-refractivity contribution in [2.24, 2.45) is 0 Å². The van der Waals surface area contributed by atoms with Crippen molar-refractivity contribution >= 4 is 49.4 Å². The molecule has 0 spiro atoms. The van der Waals surface area contributed by atoms with Crippen LogP contribution in [0.25, 0.3) is 76.8 Å². The summed E-state index contributed by atoms with van der Waals surface area (Å²) in [5.41, 5.74) is 13.1. The van der Waals surface area contributed by atoms with Gasteiger partial charge in [0.25, 0.3) is 0 Å². The average molecular weight is 700 g/mol. The average Bonchev–Trinajstić information content (AvgIpc) is 3.27. The maximum Gasteiger partial charge on any atom is 0.0540 e. The summed E-state index contributed by atoms with van der Waals surface area (Å²) in [6.45, 7) is 0. The molecule has 0 N–H and O–H groups in total. The minimum atomic E-state index is 1.10. The Morgan fingerprint density at radius 1 is 0.255 bits per heavy atom. The molecule has 10 rings (SSSR count). The summed E-state index contributed by atoms with van der Waals surface area (Å²) in [6, 6.07) is 81.4. The van der Waals surface area contributed by atoms with Crippen LogP contribution in [0.2, 0.25) is 0 Å². The Labute approximate surface area is 322 Å². The second-order valence-corrected chi connectivity index (χ2v) is 14.1. The topological polar surface area (TPSA) is 3.24 Å². The second kappa shape index (κ2) is 14.0. The molecule has 258 valence electrons. The maximum absolute atomic E-state index is 2.42. The lowest BCUT2D eigenvalue weighted by atomic mass is 9.91. The molecule has 0 heterocycles. The molecular formula is C54H37N. The first-order valence-electron chi connectivity index (χ1n) is 18.9. The Morgan fingerprint density at radius 2 is 0.764 bits per heavy atom. The molecule has 10 aromatic rings. The van der Waals surface area contributed by atoms with E-state index in [1.807, 2.05) is 0 Å². The number of nitrogens with zero attached hydrogens (tertiary/aromatic N) is 1. The summed E-state index contributed by atoms with van der Waals surface area (Å²) in [6.07, 6.45) is 0. The standard InChI is InChI=1S/C54H37N/c1-3-15-38(16-4-1)43-23-11-24-45(37-43)55(53-36-35-51(50-26-9-10-27-52(50)53)49-30-12-20-39-19-7-8-25-46(39)49)44-33-31-41(32-34-44)48-29-14-22-42-21-13-28-47(54(42)48)40-17-5-2-6-18-40/h1-37H. The zero-order chi connectivity index (χ0) is 36.6. The normalized spacial score (nSPS) is 11.3. The smallest absolute Gasteiger partial charge is 0.0540 e. The van der Waals surface area contributed by atoms with E-state index in [1.54, 1.807) is 0 Å². The van der Waals surface area contributed by atoms with Gasteiger partial charge in [0.2, 0.25) is 0 Å². The lowest BCUT2D eigenvalue weighted by Crippen LogP contribution is -2.11. The van der Waals surface area contributed by atoms with E-state index in [2.05, 4.69) is 229 Å². The van der Waals surface area contributed by atoms with Crippen LogP contribution in [-0.4, -0.2) is 0 Å². The predicted molar refractivity (Wildman–Crippen MR) is 235 cm³/mol. The molecule has 0 amide bonds. The van der Waals surface area contributed by atoms with Crippen molar-refractivity contribution in [1.82, 2.24) is 0 Å². The van der Waals surface area contributed by atoms with Gasteiger partial charge < -0.3 is 4.90 Å². The van der Waals surface area contributed by atoms with Crippen LogP contribution in [0.1, 0.15) is 0 Å². The van der Waals surface area contributed by atoms with Gasteiger partial charge in [-0.3, -0.25) is 0 Å². The molecule has 0 radical (unpaired) electrons. The molecule has 0 bridgehead atoms. The Kier molecular flexibility index (Phi) is 8.24. The van der Waals surface area contributed by atoms with Crippen LogP contribution in [0.3, 0.4) is 0 Å². The first-order chi connectivity index (χ1) is 27.3. The first-order valence-corrected chi connectivity index (χ1v) is 18.9. The zero-order valence-corrected chi connectivity index (χ0v) is 30.3. The van der Waals surface area contributed by atoms with Gasteiger partial charge in [0.1, 0.15) is 0 Å². The largest absolute Gasteiger partial charge is 0.310 e. The molecule has 0 fully saturated rings. The molecule has 10 aromatic carbocycles. The molecule has 1 heteroatoms. The van der Waals surface area contributed by atoms with Crippen molar-refractivity contribution in [2.45, 2.75) is 0 Å². The van der Waals surface area contributed by atoms with E-state index in [4.69, 9.17) is 0 Å². The fourth-order valence-corrected chi connectivity index (χ4v) is 8.29. The molecule has 0 unspecified atom stereocenters. The van der Waals surface area contributed by atoms with Gasteiger partial charge >= 0.3 is 0 Å². The van der Waals surface area contributed by atoms with Gasteiger partial charge in [-0.1, -0.05) is 194 Å². The minimum Gasteiger partial charge on any atom is -0.310 e. The lowest BCUT2D eigenvalue weighted by molar-refractivity contribution is 1.30. The second-order valence-electron chi connectivity index (χ2n) is 14.1. The van der Waals surface area contributed by atoms with E-state index in [-0.39, 0.29) is 0 Å². The molecule has 0 aliphatic rings. The summed E-state index contributed by atoms with van der Waals surface area (Å²) >= 11 is 0. The Bertz CT molecular complexity index is 2950. The molecule has 0 saturated heterocycles. The van der Waals surface area contributed by atoms with Crippen molar-refractivity contribution in [3.8, 4) is 44.5 Å². The van der Waals surface area contributed by atoms with E-state index < -0.39 is 0 Å². The third-order valence-electron chi connectivity index (χ3n) is 10.9. The molecule has 1 nitrogen and oxygen atoms in total. The van der Waals surface area contributed by atoms with E-state index in [9.17, 15) is 0 Å². The number of rotatable bonds is 7. The van der Waals surface area contributed by atoms with Crippen LogP contribution in [0.5, 0.6) is 0 Å². The van der Waals surface area contributed by atoms with Gasteiger partial charge in [-0.25, -0.2) is 0 Å². The lowest BCUT2D eigenvalue weighted by Gasteiger charge is -2.28. The summed E-state index contributed by atoms with van der Waals surface area (Å²) in [4.78, 5) is 2.42. The van der Waals surface area contributed by atoms with Crippen molar-refractivity contribution in [1.29, 1.82) is 0 Å². The third kappa shape index (κ3) is 5.93. The molecule has 0 aliphatic carbocycles. The van der Waals surface area contributed by atoms with Gasteiger partial charge in [0, 0.05) is 16.8 Å². The van der Waals surface area contributed by atoms with Crippen molar-refractivity contribution in [3.63, 3.8) is 0 Å². The molecule has 55 heavy (non-hydrogen) atoms. The highest BCUT2D eigenvalue weighted by atomic mass is 15.1. The van der Waals surface area contributed by atoms with Crippen molar-refractivity contribution in [2.75, 3.05) is 4.90 Å². The quantitative estimate of drug-likeness (QED) is 0.160. The molecule has 0 atom stereocenters. The number of benzene rings is 10. The zero-order valence-electron chi connectivity index (χ0n) is 30.3. The Balaban J connectivity index is 1.15. The van der Waals surface area contributed by atoms with Crippen LogP contribution in [0.15, 0.2) is 224 Å². The molecule has 0 aromatic heterocycles. The minimum absolute atomic E-state index is 1.10. The summed E-state index contributed by atoms with van der Waals surface area (Å²) < 4.78 is 0. The third-order valence-corrected chi connectivity index (χ3v) is 10.9. The van der Waals surface area contributed by atoms with Crippen molar-refractivity contribution in [3.05, 3.63) is 224 Å². The van der Waals surface area contributed by atoms with Crippen LogP contribution >= 0.6 is 0 Å². The fourth-order valence-electron chi connectivity index (χ4n) is 8.29. The molecular weight excluding hydrogens is 663 g/mol. The maximum atomic E-state index is 2.42.